The molecule has 0 bridgehead atoms. The number of ketones is 1. The Hall–Kier alpha value is -1.01. The van der Waals surface area contributed by atoms with E-state index < -0.39 is 0 Å². The lowest BCUT2D eigenvalue weighted by atomic mass is 10.1. The predicted molar refractivity (Wildman–Crippen MR) is 103 cm³/mol. The molecule has 0 atom stereocenters. The number of aromatic nitrogens is 2. The lowest BCUT2D eigenvalue weighted by Gasteiger charge is -2.03. The Kier molecular flexibility index (Phi) is 6.14. The number of hydrogen-bond donors (Lipinski definition) is 0. The van der Waals surface area contributed by atoms with Crippen molar-refractivity contribution < 1.29 is 4.79 Å². The monoisotopic (exact) mass is 430 g/mol. The topological polar surface area (TPSA) is 34.9 Å². The number of hydrogen-bond acceptors (Lipinski definition) is 3. The molecule has 0 N–H and O–H groups in total. The Morgan fingerprint density at radius 3 is 2.61 bits per heavy atom. The number of benzene rings is 2. The van der Waals surface area contributed by atoms with Gasteiger partial charge in [-0.1, -0.05) is 47.1 Å². The molecule has 3 aromatic rings. The zero-order valence-electron chi connectivity index (χ0n) is 12.1. The minimum absolute atomic E-state index is 0. The first kappa shape index (κ1) is 18.3. The highest BCUT2D eigenvalue weighted by atomic mass is 79.9. The van der Waals surface area contributed by atoms with Crippen LogP contribution in [0.15, 0.2) is 47.6 Å². The molecule has 0 saturated carbocycles. The van der Waals surface area contributed by atoms with Gasteiger partial charge in [-0.05, 0) is 30.3 Å². The standard InChI is InChI=1S/C16H12Cl2N2OS.BrH/c1-20-14-5-3-2-4-13(14)19-16(20)22-9-15(21)10-6-7-11(17)12(18)8-10;/h2-8H,9H2,1H3;1H. The first-order chi connectivity index (χ1) is 10.6. The lowest BCUT2D eigenvalue weighted by Crippen LogP contribution is -2.03. The van der Waals surface area contributed by atoms with Gasteiger partial charge in [0, 0.05) is 12.6 Å². The molecule has 120 valence electrons. The normalized spacial score (nSPS) is 10.6. The van der Waals surface area contributed by atoms with Gasteiger partial charge in [0.15, 0.2) is 10.9 Å². The molecule has 0 fully saturated rings. The van der Waals surface area contributed by atoms with Gasteiger partial charge >= 0.3 is 0 Å². The van der Waals surface area contributed by atoms with E-state index in [1.54, 1.807) is 18.2 Å². The molecule has 0 aliphatic heterocycles. The van der Waals surface area contributed by atoms with Crippen LogP contribution >= 0.6 is 51.9 Å². The Bertz CT molecular complexity index is 866. The SMILES string of the molecule is Br.Cn1c(SCC(=O)c2ccc(Cl)c(Cl)c2)nc2ccccc21. The average Bonchev–Trinajstić information content (AvgIpc) is 2.84. The van der Waals surface area contributed by atoms with Gasteiger partial charge in [-0.15, -0.1) is 17.0 Å². The number of para-hydroxylation sites is 2. The summed E-state index contributed by atoms with van der Waals surface area (Å²) in [5, 5.41) is 1.65. The number of carbonyl (C=O) groups is 1. The summed E-state index contributed by atoms with van der Waals surface area (Å²) < 4.78 is 1.99. The molecular weight excluding hydrogens is 419 g/mol. The Morgan fingerprint density at radius 2 is 1.91 bits per heavy atom. The number of aryl methyl sites for hydroxylation is 1. The summed E-state index contributed by atoms with van der Waals surface area (Å²) in [6, 6.07) is 12.8. The third kappa shape index (κ3) is 3.91. The fourth-order valence-electron chi connectivity index (χ4n) is 2.14. The lowest BCUT2D eigenvalue weighted by molar-refractivity contribution is 0.102. The summed E-state index contributed by atoms with van der Waals surface area (Å²) in [4.78, 5) is 16.8. The van der Waals surface area contributed by atoms with E-state index in [0.29, 0.717) is 21.4 Å². The summed E-state index contributed by atoms with van der Waals surface area (Å²) in [6.07, 6.45) is 0. The van der Waals surface area contributed by atoms with Gasteiger partial charge in [0.2, 0.25) is 0 Å². The number of nitrogens with zero attached hydrogens (tertiary/aromatic N) is 2. The fraction of sp³-hybridized carbons (Fsp3) is 0.125. The predicted octanol–water partition coefficient (Wildman–Crippen LogP) is 5.43. The van der Waals surface area contributed by atoms with Crippen molar-refractivity contribution in [1.82, 2.24) is 9.55 Å². The van der Waals surface area contributed by atoms with Crippen LogP contribution in [0, 0.1) is 0 Å². The molecule has 0 radical (unpaired) electrons. The number of halogens is 3. The maximum Gasteiger partial charge on any atom is 0.173 e. The van der Waals surface area contributed by atoms with E-state index in [9.17, 15) is 4.79 Å². The smallest absolute Gasteiger partial charge is 0.173 e. The van der Waals surface area contributed by atoms with Crippen molar-refractivity contribution in [2.75, 3.05) is 5.75 Å². The molecule has 0 aliphatic carbocycles. The summed E-state index contributed by atoms with van der Waals surface area (Å²) in [5.41, 5.74) is 2.53. The van der Waals surface area contributed by atoms with Crippen molar-refractivity contribution in [1.29, 1.82) is 0 Å². The van der Waals surface area contributed by atoms with Crippen molar-refractivity contribution in [3.8, 4) is 0 Å². The molecule has 1 aromatic heterocycles. The van der Waals surface area contributed by atoms with Gasteiger partial charge in [-0.3, -0.25) is 4.79 Å². The molecule has 23 heavy (non-hydrogen) atoms. The van der Waals surface area contributed by atoms with Crippen LogP contribution in [0.2, 0.25) is 10.0 Å². The Balaban J connectivity index is 0.00000192. The van der Waals surface area contributed by atoms with Crippen LogP contribution in [0.4, 0.5) is 0 Å². The maximum atomic E-state index is 12.2. The van der Waals surface area contributed by atoms with Gasteiger partial charge in [0.25, 0.3) is 0 Å². The van der Waals surface area contributed by atoms with Gasteiger partial charge in [-0.2, -0.15) is 0 Å². The van der Waals surface area contributed by atoms with Crippen LogP contribution in [-0.2, 0) is 7.05 Å². The molecule has 1 heterocycles. The highest BCUT2D eigenvalue weighted by molar-refractivity contribution is 8.93. The molecule has 2 aromatic carbocycles. The Morgan fingerprint density at radius 1 is 1.17 bits per heavy atom. The molecule has 0 spiro atoms. The van der Waals surface area contributed by atoms with Crippen molar-refractivity contribution in [2.45, 2.75) is 5.16 Å². The maximum absolute atomic E-state index is 12.2. The van der Waals surface area contributed by atoms with Crippen molar-refractivity contribution in [2.24, 2.45) is 7.05 Å². The summed E-state index contributed by atoms with van der Waals surface area (Å²) in [7, 11) is 1.95. The third-order valence-corrected chi connectivity index (χ3v) is 5.09. The quantitative estimate of drug-likeness (QED) is 0.407. The minimum atomic E-state index is -0.00405. The minimum Gasteiger partial charge on any atom is -0.322 e. The fourth-order valence-corrected chi connectivity index (χ4v) is 3.32. The van der Waals surface area contributed by atoms with E-state index in [-0.39, 0.29) is 22.8 Å². The van der Waals surface area contributed by atoms with Crippen molar-refractivity contribution in [3.63, 3.8) is 0 Å². The van der Waals surface area contributed by atoms with E-state index in [2.05, 4.69) is 4.98 Å². The van der Waals surface area contributed by atoms with E-state index in [0.717, 1.165) is 16.2 Å². The van der Waals surface area contributed by atoms with E-state index >= 15 is 0 Å². The third-order valence-electron chi connectivity index (χ3n) is 3.32. The largest absolute Gasteiger partial charge is 0.322 e. The number of fused-ring (bicyclic) bond motifs is 1. The molecule has 0 amide bonds. The number of rotatable bonds is 4. The average molecular weight is 432 g/mol. The molecule has 3 nitrogen and oxygen atoms in total. The molecule has 0 saturated heterocycles. The zero-order chi connectivity index (χ0) is 15.7. The first-order valence-corrected chi connectivity index (χ1v) is 8.33. The van der Waals surface area contributed by atoms with Gasteiger partial charge in [-0.25, -0.2) is 4.98 Å². The summed E-state index contributed by atoms with van der Waals surface area (Å²) in [5.74, 6) is 0.297. The highest BCUT2D eigenvalue weighted by Gasteiger charge is 2.12. The van der Waals surface area contributed by atoms with Gasteiger partial charge in [0.1, 0.15) is 0 Å². The first-order valence-electron chi connectivity index (χ1n) is 6.59. The van der Waals surface area contributed by atoms with Crippen LogP contribution in [-0.4, -0.2) is 21.1 Å². The van der Waals surface area contributed by atoms with Crippen LogP contribution < -0.4 is 0 Å². The van der Waals surface area contributed by atoms with Gasteiger partial charge < -0.3 is 4.57 Å². The summed E-state index contributed by atoms with van der Waals surface area (Å²) >= 11 is 13.2. The van der Waals surface area contributed by atoms with Crippen molar-refractivity contribution >= 4 is 68.8 Å². The second kappa shape index (κ2) is 7.71. The van der Waals surface area contributed by atoms with E-state index in [1.165, 1.54) is 11.8 Å². The van der Waals surface area contributed by atoms with Crippen LogP contribution in [0.1, 0.15) is 10.4 Å². The van der Waals surface area contributed by atoms with Gasteiger partial charge in [0.05, 0.1) is 26.8 Å². The Labute approximate surface area is 158 Å². The molecular formula is C16H13BrCl2N2OS. The highest BCUT2D eigenvalue weighted by Crippen LogP contribution is 2.26. The molecule has 7 heteroatoms. The summed E-state index contributed by atoms with van der Waals surface area (Å²) in [6.45, 7) is 0. The van der Waals surface area contributed by atoms with E-state index in [4.69, 9.17) is 23.2 Å². The number of thioether (sulfide) groups is 1. The molecule has 3 rings (SSSR count). The number of Topliss-reactive ketones (excluding diaryl/α,β-unsaturated/α-hetero) is 1. The molecule has 0 aliphatic rings. The van der Waals surface area contributed by atoms with Crippen LogP contribution in [0.5, 0.6) is 0 Å². The molecule has 0 unspecified atom stereocenters. The number of imidazole rings is 1. The van der Waals surface area contributed by atoms with Crippen LogP contribution in [0.25, 0.3) is 11.0 Å². The second-order valence-corrected chi connectivity index (χ2v) is 6.54. The second-order valence-electron chi connectivity index (χ2n) is 4.78. The number of carbonyl (C=O) groups excluding carboxylic acids is 1. The zero-order valence-corrected chi connectivity index (χ0v) is 16.2. The van der Waals surface area contributed by atoms with E-state index in [1.807, 2.05) is 35.9 Å². The van der Waals surface area contributed by atoms with Crippen molar-refractivity contribution in [3.05, 3.63) is 58.1 Å². The van der Waals surface area contributed by atoms with Crippen LogP contribution in [0.3, 0.4) is 0 Å².